The van der Waals surface area contributed by atoms with E-state index >= 15 is 0 Å². The van der Waals surface area contributed by atoms with Crippen molar-refractivity contribution in [3.63, 3.8) is 0 Å². The summed E-state index contributed by atoms with van der Waals surface area (Å²) >= 11 is 1.78. The number of hydrogen-bond donors (Lipinski definition) is 0. The van der Waals surface area contributed by atoms with Gasteiger partial charge in [-0.2, -0.15) is 0 Å². The Hall–Kier alpha value is -2.92. The third-order valence-corrected chi connectivity index (χ3v) is 6.32. The Labute approximate surface area is 194 Å². The van der Waals surface area contributed by atoms with Crippen LogP contribution in [0.15, 0.2) is 89.0 Å². The molecule has 0 heterocycles. The monoisotopic (exact) mass is 447 g/mol. The topological polar surface area (TPSA) is 55.7 Å². The molecule has 4 nitrogen and oxygen atoms in total. The minimum Gasteiger partial charge on any atom is -0.312 e. The lowest BCUT2D eigenvalue weighted by Crippen LogP contribution is -2.16. The van der Waals surface area contributed by atoms with Crippen molar-refractivity contribution in [3.05, 3.63) is 90.0 Å². The number of nitrogens with zero attached hydrogens (tertiary/aromatic N) is 1. The average Bonchev–Trinajstić information content (AvgIpc) is 2.84. The molecule has 5 heteroatoms. The summed E-state index contributed by atoms with van der Waals surface area (Å²) < 4.78 is 0. The normalized spacial score (nSPS) is 15.5. The molecular weight excluding hydrogens is 418 g/mol. The van der Waals surface area contributed by atoms with E-state index in [-0.39, 0.29) is 11.5 Å². The molecule has 0 aromatic heterocycles. The van der Waals surface area contributed by atoms with E-state index < -0.39 is 5.97 Å². The van der Waals surface area contributed by atoms with Gasteiger partial charge in [-0.15, -0.1) is 11.8 Å². The lowest BCUT2D eigenvalue weighted by Gasteiger charge is -2.12. The van der Waals surface area contributed by atoms with Crippen molar-refractivity contribution >= 4 is 29.2 Å². The molecule has 0 spiro atoms. The van der Waals surface area contributed by atoms with Crippen molar-refractivity contribution in [2.24, 2.45) is 5.16 Å². The van der Waals surface area contributed by atoms with Gasteiger partial charge in [-0.25, -0.2) is 4.79 Å². The van der Waals surface area contributed by atoms with Crippen LogP contribution in [0.3, 0.4) is 0 Å². The Morgan fingerprint density at radius 1 is 0.969 bits per heavy atom. The third kappa shape index (κ3) is 7.34. The molecule has 0 bridgehead atoms. The van der Waals surface area contributed by atoms with E-state index in [9.17, 15) is 9.59 Å². The number of carbonyl (C=O) groups is 2. The van der Waals surface area contributed by atoms with Gasteiger partial charge in [-0.3, -0.25) is 4.79 Å². The van der Waals surface area contributed by atoms with Crippen LogP contribution in [-0.4, -0.2) is 22.7 Å². The highest BCUT2D eigenvalue weighted by Gasteiger charge is 2.17. The van der Waals surface area contributed by atoms with E-state index in [1.165, 1.54) is 0 Å². The molecule has 1 aliphatic carbocycles. The first-order valence-corrected chi connectivity index (χ1v) is 12.0. The zero-order chi connectivity index (χ0) is 22.6. The fourth-order valence-corrected chi connectivity index (χ4v) is 4.33. The van der Waals surface area contributed by atoms with E-state index in [1.807, 2.05) is 30.3 Å². The van der Waals surface area contributed by atoms with Crippen molar-refractivity contribution in [2.45, 2.75) is 55.6 Å². The third-order valence-electron chi connectivity index (χ3n) is 5.12. The Kier molecular flexibility index (Phi) is 9.51. The summed E-state index contributed by atoms with van der Waals surface area (Å²) in [5.41, 5.74) is 1.24. The number of hydrogen-bond acceptors (Lipinski definition) is 5. The van der Waals surface area contributed by atoms with E-state index in [0.717, 1.165) is 37.0 Å². The number of oxime groups is 1. The number of carbonyl (C=O) groups excluding carboxylic acids is 2. The summed E-state index contributed by atoms with van der Waals surface area (Å²) in [5.74, 6) is -0.759. The van der Waals surface area contributed by atoms with Gasteiger partial charge in [0.05, 0.1) is 5.56 Å². The van der Waals surface area contributed by atoms with Crippen LogP contribution >= 0.6 is 11.8 Å². The predicted octanol–water partition coefficient (Wildman–Crippen LogP) is 7.03. The number of thioether (sulfide) groups is 1. The number of benzene rings is 2. The van der Waals surface area contributed by atoms with Crippen molar-refractivity contribution < 1.29 is 14.4 Å². The highest BCUT2D eigenvalue weighted by molar-refractivity contribution is 8.00. The standard InChI is InChI=1S/C27H29NO3S/c1-2-3-4-11-16-25(28-31-27(30)22-12-7-5-8-13-22)26(29)21-17-19-24(20-18-21)32-23-14-9-6-10-15-23/h5-10,12-14,17-20,23H,2-4,11,15-16H2,1H3/b28-25-. The molecule has 0 saturated heterocycles. The summed E-state index contributed by atoms with van der Waals surface area (Å²) in [6, 6.07) is 16.3. The zero-order valence-electron chi connectivity index (χ0n) is 18.4. The number of ketones is 1. The van der Waals surface area contributed by atoms with Gasteiger partial charge in [0, 0.05) is 15.7 Å². The molecule has 2 aromatic rings. The SMILES string of the molecule is CCCCCC/C(=N/OC(=O)c1ccccc1)C(=O)c1ccc(SC2C=CC=CC2)cc1. The second kappa shape index (κ2) is 12.8. The minimum atomic E-state index is -0.564. The van der Waals surface area contributed by atoms with Gasteiger partial charge in [-0.05, 0) is 55.7 Å². The van der Waals surface area contributed by atoms with Crippen LogP contribution in [0.2, 0.25) is 0 Å². The highest BCUT2D eigenvalue weighted by atomic mass is 32.2. The molecule has 0 aliphatic heterocycles. The molecule has 2 aromatic carbocycles. The van der Waals surface area contributed by atoms with Crippen LogP contribution in [0.1, 0.15) is 66.2 Å². The maximum atomic E-state index is 13.1. The van der Waals surface area contributed by atoms with Gasteiger partial charge in [0.25, 0.3) is 0 Å². The minimum absolute atomic E-state index is 0.195. The second-order valence-electron chi connectivity index (χ2n) is 7.65. The van der Waals surface area contributed by atoms with E-state index in [4.69, 9.17) is 4.84 Å². The van der Waals surface area contributed by atoms with Gasteiger partial charge in [0.2, 0.25) is 5.78 Å². The fraction of sp³-hybridized carbons (Fsp3) is 0.296. The maximum absolute atomic E-state index is 13.1. The summed E-state index contributed by atoms with van der Waals surface area (Å²) in [6.07, 6.45) is 14.0. The smallest absolute Gasteiger partial charge is 0.312 e. The quantitative estimate of drug-likeness (QED) is 0.122. The molecule has 0 saturated carbocycles. The Balaban J connectivity index is 1.68. The lowest BCUT2D eigenvalue weighted by atomic mass is 10.0. The predicted molar refractivity (Wildman–Crippen MR) is 131 cm³/mol. The van der Waals surface area contributed by atoms with Gasteiger partial charge in [0.1, 0.15) is 5.71 Å². The highest BCUT2D eigenvalue weighted by Crippen LogP contribution is 2.28. The summed E-state index contributed by atoms with van der Waals surface area (Å²) in [6.45, 7) is 2.14. The van der Waals surface area contributed by atoms with Crippen LogP contribution in [0.5, 0.6) is 0 Å². The second-order valence-corrected chi connectivity index (χ2v) is 8.96. The molecule has 166 valence electrons. The van der Waals surface area contributed by atoms with Gasteiger partial charge >= 0.3 is 5.97 Å². The number of Topliss-reactive ketones (excluding diaryl/α,β-unsaturated/α-hetero) is 1. The van der Waals surface area contributed by atoms with Crippen LogP contribution < -0.4 is 0 Å². The maximum Gasteiger partial charge on any atom is 0.365 e. The Bertz CT molecular complexity index is 978. The summed E-state index contributed by atoms with van der Waals surface area (Å²) in [5, 5.41) is 4.40. The molecule has 1 unspecified atom stereocenters. The number of rotatable bonds is 11. The van der Waals surface area contributed by atoms with Gasteiger partial charge in [0.15, 0.2) is 0 Å². The first kappa shape index (κ1) is 23.7. The zero-order valence-corrected chi connectivity index (χ0v) is 19.2. The molecule has 3 rings (SSSR count). The van der Waals surface area contributed by atoms with Crippen LogP contribution in [0.25, 0.3) is 0 Å². The molecule has 0 radical (unpaired) electrons. The van der Waals surface area contributed by atoms with E-state index in [0.29, 0.717) is 22.8 Å². The van der Waals surface area contributed by atoms with Crippen molar-refractivity contribution in [1.29, 1.82) is 0 Å². The van der Waals surface area contributed by atoms with Crippen LogP contribution in [0, 0.1) is 0 Å². The van der Waals surface area contributed by atoms with E-state index in [1.54, 1.807) is 36.0 Å². The van der Waals surface area contributed by atoms with Crippen LogP contribution in [0.4, 0.5) is 0 Å². The fourth-order valence-electron chi connectivity index (χ4n) is 3.31. The largest absolute Gasteiger partial charge is 0.365 e. The molecule has 0 N–H and O–H groups in total. The number of allylic oxidation sites excluding steroid dienone is 3. The first-order valence-electron chi connectivity index (χ1n) is 11.2. The Morgan fingerprint density at radius 3 is 2.44 bits per heavy atom. The number of unbranched alkanes of at least 4 members (excludes halogenated alkanes) is 3. The molecule has 32 heavy (non-hydrogen) atoms. The molecule has 1 aliphatic rings. The lowest BCUT2D eigenvalue weighted by molar-refractivity contribution is 0.0514. The Morgan fingerprint density at radius 2 is 1.75 bits per heavy atom. The summed E-state index contributed by atoms with van der Waals surface area (Å²) in [4.78, 5) is 31.6. The van der Waals surface area contributed by atoms with Crippen LogP contribution in [-0.2, 0) is 4.84 Å². The van der Waals surface area contributed by atoms with Gasteiger partial charge < -0.3 is 4.84 Å². The molecule has 1 atom stereocenters. The van der Waals surface area contributed by atoms with Gasteiger partial charge in [-0.1, -0.05) is 73.8 Å². The molecule has 0 amide bonds. The average molecular weight is 448 g/mol. The van der Waals surface area contributed by atoms with E-state index in [2.05, 4.69) is 36.4 Å². The first-order chi connectivity index (χ1) is 15.7. The molecular formula is C27H29NO3S. The summed E-state index contributed by atoms with van der Waals surface area (Å²) in [7, 11) is 0. The van der Waals surface area contributed by atoms with Crippen molar-refractivity contribution in [2.75, 3.05) is 0 Å². The van der Waals surface area contributed by atoms with Crippen molar-refractivity contribution in [3.8, 4) is 0 Å². The molecule has 0 fully saturated rings. The van der Waals surface area contributed by atoms with Crippen molar-refractivity contribution in [1.82, 2.24) is 0 Å².